The maximum absolute atomic E-state index is 6.03. The first-order chi connectivity index (χ1) is 9.72. The molecule has 0 aliphatic carbocycles. The monoisotopic (exact) mass is 269 g/mol. The first-order valence-corrected chi connectivity index (χ1v) is 7.06. The molecule has 0 fully saturated rings. The van der Waals surface area contributed by atoms with Crippen molar-refractivity contribution in [3.63, 3.8) is 0 Å². The molecule has 20 heavy (non-hydrogen) atoms. The van der Waals surface area contributed by atoms with Crippen molar-refractivity contribution in [2.24, 2.45) is 0 Å². The highest BCUT2D eigenvalue weighted by Gasteiger charge is 2.23. The maximum atomic E-state index is 6.03. The van der Waals surface area contributed by atoms with Crippen LogP contribution in [0.1, 0.15) is 36.4 Å². The Bertz CT molecular complexity index is 638. The lowest BCUT2D eigenvalue weighted by atomic mass is 10.1. The number of aryl methyl sites for hydroxylation is 2. The van der Waals surface area contributed by atoms with Gasteiger partial charge in [-0.1, -0.05) is 26.0 Å². The van der Waals surface area contributed by atoms with Crippen LogP contribution >= 0.6 is 0 Å². The van der Waals surface area contributed by atoms with Gasteiger partial charge in [0.05, 0.1) is 11.4 Å². The van der Waals surface area contributed by atoms with Crippen LogP contribution in [0.3, 0.4) is 0 Å². The van der Waals surface area contributed by atoms with Crippen LogP contribution in [0.2, 0.25) is 0 Å². The number of anilines is 2. The predicted octanol–water partition coefficient (Wildman–Crippen LogP) is 2.10. The molecular weight excluding hydrogens is 250 g/mol. The van der Waals surface area contributed by atoms with Gasteiger partial charge >= 0.3 is 0 Å². The Hall–Kier alpha value is -2.17. The quantitative estimate of drug-likeness (QED) is 0.864. The minimum absolute atomic E-state index is 0.703. The lowest BCUT2D eigenvalue weighted by Crippen LogP contribution is -2.20. The second-order valence-corrected chi connectivity index (χ2v) is 5.05. The van der Waals surface area contributed by atoms with Crippen molar-refractivity contribution in [1.29, 1.82) is 0 Å². The molecule has 0 atom stereocenters. The fourth-order valence-corrected chi connectivity index (χ4v) is 2.65. The van der Waals surface area contributed by atoms with Gasteiger partial charge in [0.15, 0.2) is 0 Å². The number of nitrogens with zero attached hydrogens (tertiary/aromatic N) is 4. The fourth-order valence-electron chi connectivity index (χ4n) is 2.65. The van der Waals surface area contributed by atoms with Crippen molar-refractivity contribution in [1.82, 2.24) is 15.2 Å². The summed E-state index contributed by atoms with van der Waals surface area (Å²) in [7, 11) is 0. The van der Waals surface area contributed by atoms with Gasteiger partial charge in [0.2, 0.25) is 5.95 Å². The summed E-state index contributed by atoms with van der Waals surface area (Å²) in [6.45, 7) is 5.75. The molecule has 1 aromatic carbocycles. The Balaban J connectivity index is 1.91. The van der Waals surface area contributed by atoms with Crippen LogP contribution in [0, 0.1) is 0 Å². The molecule has 1 aromatic heterocycles. The van der Waals surface area contributed by atoms with Gasteiger partial charge in [-0.05, 0) is 30.0 Å². The minimum Gasteiger partial charge on any atom is -0.398 e. The second-order valence-electron chi connectivity index (χ2n) is 5.05. The molecule has 2 aromatic rings. The van der Waals surface area contributed by atoms with Gasteiger partial charge < -0.3 is 10.6 Å². The molecule has 5 heteroatoms. The highest BCUT2D eigenvalue weighted by Crippen LogP contribution is 2.29. The number of aromatic nitrogens is 3. The molecule has 0 bridgehead atoms. The van der Waals surface area contributed by atoms with Crippen molar-refractivity contribution < 1.29 is 0 Å². The third kappa shape index (κ3) is 2.09. The van der Waals surface area contributed by atoms with Crippen molar-refractivity contribution in [3.05, 3.63) is 40.7 Å². The van der Waals surface area contributed by atoms with E-state index in [1.165, 1.54) is 11.1 Å². The van der Waals surface area contributed by atoms with Crippen LogP contribution in [0.5, 0.6) is 0 Å². The zero-order valence-corrected chi connectivity index (χ0v) is 11.9. The summed E-state index contributed by atoms with van der Waals surface area (Å²) in [6, 6.07) is 6.05. The number of hydrogen-bond donors (Lipinski definition) is 1. The van der Waals surface area contributed by atoms with Gasteiger partial charge in [0.25, 0.3) is 0 Å². The topological polar surface area (TPSA) is 67.9 Å². The normalized spacial score (nSPS) is 13.6. The zero-order valence-electron chi connectivity index (χ0n) is 11.9. The van der Waals surface area contributed by atoms with E-state index in [1.54, 1.807) is 0 Å². The molecular formula is C15H19N5. The lowest BCUT2D eigenvalue weighted by molar-refractivity contribution is 0.754. The fraction of sp³-hybridized carbons (Fsp3) is 0.400. The van der Waals surface area contributed by atoms with E-state index in [2.05, 4.69) is 40.0 Å². The van der Waals surface area contributed by atoms with Gasteiger partial charge in [0.1, 0.15) is 0 Å². The molecule has 0 radical (unpaired) electrons. The van der Waals surface area contributed by atoms with Crippen LogP contribution in [0.15, 0.2) is 18.2 Å². The number of nitrogens with two attached hydrogens (primary N) is 1. The number of hydrogen-bond acceptors (Lipinski definition) is 5. The molecule has 2 N–H and O–H groups in total. The van der Waals surface area contributed by atoms with Crippen molar-refractivity contribution in [2.75, 3.05) is 10.6 Å². The Morgan fingerprint density at radius 2 is 1.90 bits per heavy atom. The van der Waals surface area contributed by atoms with E-state index in [4.69, 9.17) is 5.73 Å². The van der Waals surface area contributed by atoms with Gasteiger partial charge in [-0.3, -0.25) is 0 Å². The van der Waals surface area contributed by atoms with Gasteiger partial charge in [0, 0.05) is 18.8 Å². The molecule has 0 unspecified atom stereocenters. The van der Waals surface area contributed by atoms with Crippen molar-refractivity contribution in [2.45, 2.75) is 39.8 Å². The molecule has 3 rings (SSSR count). The van der Waals surface area contributed by atoms with Gasteiger partial charge in [-0.25, -0.2) is 4.98 Å². The second kappa shape index (κ2) is 5.07. The van der Waals surface area contributed by atoms with E-state index in [9.17, 15) is 0 Å². The summed E-state index contributed by atoms with van der Waals surface area (Å²) in [5.41, 5.74) is 11.4. The average Bonchev–Trinajstić information content (AvgIpc) is 2.92. The zero-order chi connectivity index (χ0) is 14.1. The minimum atomic E-state index is 0.703. The van der Waals surface area contributed by atoms with E-state index < -0.39 is 0 Å². The number of rotatable bonds is 3. The Morgan fingerprint density at radius 1 is 1.10 bits per heavy atom. The first-order valence-electron chi connectivity index (χ1n) is 7.06. The highest BCUT2D eigenvalue weighted by molar-refractivity contribution is 5.56. The van der Waals surface area contributed by atoms with Crippen LogP contribution in [-0.2, 0) is 25.9 Å². The van der Waals surface area contributed by atoms with Crippen LogP contribution in [-0.4, -0.2) is 15.2 Å². The average molecular weight is 269 g/mol. The summed E-state index contributed by atoms with van der Waals surface area (Å²) < 4.78 is 0. The molecule has 5 nitrogen and oxygen atoms in total. The highest BCUT2D eigenvalue weighted by atomic mass is 15.3. The smallest absolute Gasteiger partial charge is 0.246 e. The SMILES string of the molecule is CCc1nnc(N2Cc3cccc(N)c3C2)nc1CC. The molecule has 0 spiro atoms. The standard InChI is InChI=1S/C15H19N5/c1-3-13-14(4-2)18-19-15(17-13)20-8-10-6-5-7-12(16)11(10)9-20/h5-7H,3-4,8-9,16H2,1-2H3. The number of benzene rings is 1. The van der Waals surface area contributed by atoms with E-state index >= 15 is 0 Å². The number of fused-ring (bicyclic) bond motifs is 1. The summed E-state index contributed by atoms with van der Waals surface area (Å²) in [5, 5.41) is 8.59. The van der Waals surface area contributed by atoms with Crippen LogP contribution in [0.25, 0.3) is 0 Å². The van der Waals surface area contributed by atoms with E-state index in [0.29, 0.717) is 5.95 Å². The van der Waals surface area contributed by atoms with Gasteiger partial charge in [-0.15, -0.1) is 5.10 Å². The lowest BCUT2D eigenvalue weighted by Gasteiger charge is -2.16. The summed E-state index contributed by atoms with van der Waals surface area (Å²) >= 11 is 0. The predicted molar refractivity (Wildman–Crippen MR) is 79.3 cm³/mol. The summed E-state index contributed by atoms with van der Waals surface area (Å²) in [5.74, 6) is 0.703. The molecule has 104 valence electrons. The molecule has 0 amide bonds. The largest absolute Gasteiger partial charge is 0.398 e. The summed E-state index contributed by atoms with van der Waals surface area (Å²) in [6.07, 6.45) is 1.76. The van der Waals surface area contributed by atoms with Gasteiger partial charge in [-0.2, -0.15) is 5.10 Å². The van der Waals surface area contributed by atoms with Crippen LogP contribution < -0.4 is 10.6 Å². The molecule has 1 aliphatic rings. The Kier molecular flexibility index (Phi) is 3.26. The molecule has 1 aliphatic heterocycles. The van der Waals surface area contributed by atoms with E-state index in [0.717, 1.165) is 43.0 Å². The first kappa shape index (κ1) is 12.8. The Morgan fingerprint density at radius 3 is 2.60 bits per heavy atom. The molecule has 0 saturated carbocycles. The van der Waals surface area contributed by atoms with Crippen LogP contribution in [0.4, 0.5) is 11.6 Å². The van der Waals surface area contributed by atoms with Crippen molar-refractivity contribution in [3.8, 4) is 0 Å². The molecule has 2 heterocycles. The number of nitrogen functional groups attached to an aromatic ring is 1. The molecule has 0 saturated heterocycles. The Labute approximate surface area is 118 Å². The third-order valence-electron chi connectivity index (χ3n) is 3.80. The van der Waals surface area contributed by atoms with E-state index in [-0.39, 0.29) is 0 Å². The summed E-state index contributed by atoms with van der Waals surface area (Å²) in [4.78, 5) is 6.80. The third-order valence-corrected chi connectivity index (χ3v) is 3.80. The van der Waals surface area contributed by atoms with Crippen molar-refractivity contribution >= 4 is 11.6 Å². The maximum Gasteiger partial charge on any atom is 0.246 e. The van der Waals surface area contributed by atoms with E-state index in [1.807, 2.05) is 12.1 Å².